The second kappa shape index (κ2) is 7.62. The van der Waals surface area contributed by atoms with Gasteiger partial charge < -0.3 is 9.80 Å². The maximum absolute atomic E-state index is 12.6. The van der Waals surface area contributed by atoms with Crippen molar-refractivity contribution in [1.82, 2.24) is 9.80 Å². The number of likely N-dealkylation sites (tertiary alicyclic amines) is 1. The molecule has 126 valence electrons. The molecule has 0 N–H and O–H groups in total. The summed E-state index contributed by atoms with van der Waals surface area (Å²) in [6, 6.07) is 5.86. The molecule has 0 spiro atoms. The maximum Gasteiger partial charge on any atom is 0.253 e. The highest BCUT2D eigenvalue weighted by molar-refractivity contribution is 5.94. The summed E-state index contributed by atoms with van der Waals surface area (Å²) in [7, 11) is 0. The van der Waals surface area contributed by atoms with Crippen molar-refractivity contribution >= 4 is 11.8 Å². The zero-order valence-electron chi connectivity index (χ0n) is 14.8. The monoisotopic (exact) mass is 316 g/mol. The Hall–Kier alpha value is -1.84. The van der Waals surface area contributed by atoms with Gasteiger partial charge in [-0.1, -0.05) is 6.07 Å². The Labute approximate surface area is 139 Å². The first kappa shape index (κ1) is 17.5. The van der Waals surface area contributed by atoms with E-state index in [9.17, 15) is 9.59 Å². The quantitative estimate of drug-likeness (QED) is 0.856. The van der Waals surface area contributed by atoms with E-state index in [2.05, 4.69) is 0 Å². The summed E-state index contributed by atoms with van der Waals surface area (Å²) < 4.78 is 0. The lowest BCUT2D eigenvalue weighted by Gasteiger charge is -2.33. The number of nitrogens with zero attached hydrogens (tertiary/aromatic N) is 2. The van der Waals surface area contributed by atoms with Crippen LogP contribution >= 0.6 is 0 Å². The van der Waals surface area contributed by atoms with Crippen LogP contribution in [0.3, 0.4) is 0 Å². The van der Waals surface area contributed by atoms with Gasteiger partial charge in [0, 0.05) is 37.7 Å². The van der Waals surface area contributed by atoms with Gasteiger partial charge >= 0.3 is 0 Å². The fourth-order valence-electron chi connectivity index (χ4n) is 3.18. The molecule has 0 bridgehead atoms. The number of carbonyl (C=O) groups excluding carboxylic acids is 2. The normalized spacial score (nSPS) is 15.6. The molecule has 1 aromatic carbocycles. The molecule has 2 rings (SSSR count). The molecule has 1 saturated heterocycles. The average Bonchev–Trinajstić information content (AvgIpc) is 2.58. The first-order valence-corrected chi connectivity index (χ1v) is 8.63. The predicted molar refractivity (Wildman–Crippen MR) is 92.5 cm³/mol. The zero-order valence-corrected chi connectivity index (χ0v) is 14.8. The maximum atomic E-state index is 12.6. The molecule has 4 nitrogen and oxygen atoms in total. The van der Waals surface area contributed by atoms with E-state index >= 15 is 0 Å². The van der Waals surface area contributed by atoms with Gasteiger partial charge in [-0.2, -0.15) is 0 Å². The van der Waals surface area contributed by atoms with E-state index in [1.807, 2.05) is 55.7 Å². The van der Waals surface area contributed by atoms with Gasteiger partial charge in [0.2, 0.25) is 5.91 Å². The molecule has 0 unspecified atom stereocenters. The van der Waals surface area contributed by atoms with Gasteiger partial charge in [0.25, 0.3) is 5.91 Å². The van der Waals surface area contributed by atoms with Crippen LogP contribution in [0.1, 0.15) is 48.2 Å². The molecular weight excluding hydrogens is 288 g/mol. The highest BCUT2D eigenvalue weighted by Crippen LogP contribution is 2.22. The number of aryl methyl sites for hydroxylation is 2. The van der Waals surface area contributed by atoms with Crippen molar-refractivity contribution in [3.63, 3.8) is 0 Å². The van der Waals surface area contributed by atoms with Crippen LogP contribution in [-0.4, -0.2) is 47.8 Å². The molecule has 0 atom stereocenters. The lowest BCUT2D eigenvalue weighted by atomic mass is 9.94. The highest BCUT2D eigenvalue weighted by atomic mass is 16.2. The van der Waals surface area contributed by atoms with E-state index in [1.54, 1.807) is 0 Å². The number of benzene rings is 1. The minimum atomic E-state index is 0.0682. The lowest BCUT2D eigenvalue weighted by molar-refractivity contribution is -0.136. The van der Waals surface area contributed by atoms with Crippen LogP contribution in [-0.2, 0) is 4.79 Å². The Morgan fingerprint density at radius 1 is 1.09 bits per heavy atom. The van der Waals surface area contributed by atoms with Crippen LogP contribution < -0.4 is 0 Å². The Kier molecular flexibility index (Phi) is 5.80. The molecular formula is C19H28N2O2. The lowest BCUT2D eigenvalue weighted by Crippen LogP contribution is -2.44. The summed E-state index contributed by atoms with van der Waals surface area (Å²) in [5.41, 5.74) is 3.09. The minimum absolute atomic E-state index is 0.0682. The van der Waals surface area contributed by atoms with Gasteiger partial charge in [0.05, 0.1) is 0 Å². The SMILES string of the molecule is CCN(CC)C(=O)C1CCN(C(=O)c2ccc(C)c(C)c2)CC1. The number of piperidine rings is 1. The number of carbonyl (C=O) groups is 2. The molecule has 2 amide bonds. The van der Waals surface area contributed by atoms with Crippen molar-refractivity contribution < 1.29 is 9.59 Å². The summed E-state index contributed by atoms with van der Waals surface area (Å²) in [4.78, 5) is 28.8. The minimum Gasteiger partial charge on any atom is -0.343 e. The Morgan fingerprint density at radius 3 is 2.22 bits per heavy atom. The molecule has 1 aliphatic rings. The topological polar surface area (TPSA) is 40.6 Å². The van der Waals surface area contributed by atoms with Crippen molar-refractivity contribution in [2.24, 2.45) is 5.92 Å². The molecule has 0 saturated carbocycles. The average molecular weight is 316 g/mol. The van der Waals surface area contributed by atoms with E-state index < -0.39 is 0 Å². The third-order valence-corrected chi connectivity index (χ3v) is 4.96. The smallest absolute Gasteiger partial charge is 0.253 e. The van der Waals surface area contributed by atoms with Gasteiger partial charge in [-0.25, -0.2) is 0 Å². The standard InChI is InChI=1S/C19H28N2O2/c1-5-20(6-2)18(22)16-9-11-21(12-10-16)19(23)17-8-7-14(3)15(4)13-17/h7-8,13,16H,5-6,9-12H2,1-4H3. The van der Waals surface area contributed by atoms with Gasteiger partial charge in [-0.3, -0.25) is 9.59 Å². The van der Waals surface area contributed by atoms with E-state index in [0.29, 0.717) is 13.1 Å². The van der Waals surface area contributed by atoms with E-state index in [-0.39, 0.29) is 17.7 Å². The predicted octanol–water partition coefficient (Wildman–Crippen LogP) is 3.02. The van der Waals surface area contributed by atoms with Crippen LogP contribution in [0.4, 0.5) is 0 Å². The summed E-state index contributed by atoms with van der Waals surface area (Å²) in [6.07, 6.45) is 1.54. The van der Waals surface area contributed by atoms with Gasteiger partial charge in [0.1, 0.15) is 0 Å². The molecule has 23 heavy (non-hydrogen) atoms. The fraction of sp³-hybridized carbons (Fsp3) is 0.579. The van der Waals surface area contributed by atoms with E-state index in [0.717, 1.165) is 37.1 Å². The number of hydrogen-bond acceptors (Lipinski definition) is 2. The van der Waals surface area contributed by atoms with E-state index in [1.165, 1.54) is 5.56 Å². The van der Waals surface area contributed by atoms with Crippen LogP contribution in [0.25, 0.3) is 0 Å². The van der Waals surface area contributed by atoms with Gasteiger partial charge in [-0.05, 0) is 63.8 Å². The van der Waals surface area contributed by atoms with Crippen LogP contribution in [0.15, 0.2) is 18.2 Å². The van der Waals surface area contributed by atoms with Gasteiger partial charge in [-0.15, -0.1) is 0 Å². The van der Waals surface area contributed by atoms with Crippen molar-refractivity contribution in [3.8, 4) is 0 Å². The molecule has 0 aromatic heterocycles. The van der Waals surface area contributed by atoms with Crippen molar-refractivity contribution in [2.75, 3.05) is 26.2 Å². The molecule has 1 aromatic rings. The number of rotatable bonds is 4. The Balaban J connectivity index is 1.97. The second-order valence-corrected chi connectivity index (χ2v) is 6.38. The van der Waals surface area contributed by atoms with Crippen molar-refractivity contribution in [3.05, 3.63) is 34.9 Å². The summed E-state index contributed by atoms with van der Waals surface area (Å²) in [5.74, 6) is 0.397. The summed E-state index contributed by atoms with van der Waals surface area (Å²) in [6.45, 7) is 11.0. The Bertz CT molecular complexity index is 571. The van der Waals surface area contributed by atoms with Crippen LogP contribution in [0.5, 0.6) is 0 Å². The molecule has 0 radical (unpaired) electrons. The first-order chi connectivity index (χ1) is 11.0. The number of amides is 2. The first-order valence-electron chi connectivity index (χ1n) is 8.63. The fourth-order valence-corrected chi connectivity index (χ4v) is 3.18. The van der Waals surface area contributed by atoms with Crippen LogP contribution in [0.2, 0.25) is 0 Å². The van der Waals surface area contributed by atoms with Crippen LogP contribution in [0, 0.1) is 19.8 Å². The summed E-state index contributed by atoms with van der Waals surface area (Å²) in [5, 5.41) is 0. The molecule has 1 heterocycles. The molecule has 1 aliphatic heterocycles. The Morgan fingerprint density at radius 2 is 1.70 bits per heavy atom. The second-order valence-electron chi connectivity index (χ2n) is 6.38. The largest absolute Gasteiger partial charge is 0.343 e. The molecule has 4 heteroatoms. The third kappa shape index (κ3) is 3.92. The molecule has 1 fully saturated rings. The molecule has 0 aliphatic carbocycles. The van der Waals surface area contributed by atoms with Crippen molar-refractivity contribution in [1.29, 1.82) is 0 Å². The van der Waals surface area contributed by atoms with Gasteiger partial charge in [0.15, 0.2) is 0 Å². The summed E-state index contributed by atoms with van der Waals surface area (Å²) >= 11 is 0. The highest BCUT2D eigenvalue weighted by Gasteiger charge is 2.29. The third-order valence-electron chi connectivity index (χ3n) is 4.96. The van der Waals surface area contributed by atoms with Crippen molar-refractivity contribution in [2.45, 2.75) is 40.5 Å². The zero-order chi connectivity index (χ0) is 17.0. The number of hydrogen-bond donors (Lipinski definition) is 0. The van der Waals surface area contributed by atoms with E-state index in [4.69, 9.17) is 0 Å².